The molecule has 10 heteroatoms. The van der Waals surface area contributed by atoms with Gasteiger partial charge in [-0.15, -0.1) is 0 Å². The summed E-state index contributed by atoms with van der Waals surface area (Å²) < 4.78 is 9.43. The van der Waals surface area contributed by atoms with Crippen molar-refractivity contribution in [3.8, 4) is 0 Å². The van der Waals surface area contributed by atoms with Gasteiger partial charge in [-0.05, 0) is 30.5 Å². The van der Waals surface area contributed by atoms with Crippen molar-refractivity contribution in [2.24, 2.45) is 19.2 Å². The number of amides is 1. The van der Waals surface area contributed by atoms with Crippen LogP contribution < -0.4 is 16.3 Å². The highest BCUT2D eigenvalue weighted by Crippen LogP contribution is 2.26. The number of benzene rings is 1. The minimum atomic E-state index is -0.486. The molecule has 0 atom stereocenters. The summed E-state index contributed by atoms with van der Waals surface area (Å²) in [6, 6.07) is 13.5. The maximum absolute atomic E-state index is 13.1. The minimum absolute atomic E-state index is 0.0532. The van der Waals surface area contributed by atoms with Crippen molar-refractivity contribution in [2.45, 2.75) is 25.8 Å². The number of hydrogen-bond acceptors (Lipinski definition) is 6. The minimum Gasteiger partial charge on any atom is -0.463 e. The van der Waals surface area contributed by atoms with Crippen LogP contribution in [0.5, 0.6) is 0 Å². The third-order valence-electron chi connectivity index (χ3n) is 5.79. The second-order valence-corrected chi connectivity index (χ2v) is 7.94. The van der Waals surface area contributed by atoms with Crippen molar-refractivity contribution in [3.63, 3.8) is 0 Å². The molecule has 0 fully saturated rings. The average Bonchev–Trinajstić information content (AvgIpc) is 3.56. The molecule has 0 radical (unpaired) electrons. The van der Waals surface area contributed by atoms with E-state index in [0.717, 1.165) is 11.0 Å². The van der Waals surface area contributed by atoms with Crippen LogP contribution in [-0.4, -0.2) is 30.3 Å². The molecule has 0 saturated carbocycles. The number of aryl methyl sites for hydroxylation is 3. The Kier molecular flexibility index (Phi) is 5.04. The molecular weight excluding hydrogens is 424 g/mol. The van der Waals surface area contributed by atoms with E-state index in [1.54, 1.807) is 23.7 Å². The van der Waals surface area contributed by atoms with Gasteiger partial charge in [-0.3, -0.25) is 18.7 Å². The fourth-order valence-corrected chi connectivity index (χ4v) is 4.06. The standard InChI is InChI=1S/C23H22N6O4/c1-26-20-19(21(31)27(2)23(26)32)28(12-6-10-15-8-4-3-5-9-15)22(24-20)29-18(30)14-16(25-29)17-11-7-13-33-17/h3-5,7-9,11,13H,6,10,12,14H2,1-2H3. The molecule has 0 unspecified atom stereocenters. The summed E-state index contributed by atoms with van der Waals surface area (Å²) in [5.74, 6) is 0.423. The Morgan fingerprint density at radius 3 is 2.52 bits per heavy atom. The molecule has 0 spiro atoms. The number of nitrogens with zero attached hydrogens (tertiary/aromatic N) is 6. The van der Waals surface area contributed by atoms with Crippen molar-refractivity contribution in [2.75, 3.05) is 5.01 Å². The van der Waals surface area contributed by atoms with Gasteiger partial charge in [0.2, 0.25) is 5.95 Å². The van der Waals surface area contributed by atoms with Gasteiger partial charge in [0.25, 0.3) is 11.5 Å². The van der Waals surface area contributed by atoms with Gasteiger partial charge in [-0.25, -0.2) is 4.79 Å². The zero-order chi connectivity index (χ0) is 23.1. The van der Waals surface area contributed by atoms with E-state index in [2.05, 4.69) is 10.1 Å². The lowest BCUT2D eigenvalue weighted by atomic mass is 10.1. The zero-order valence-corrected chi connectivity index (χ0v) is 18.3. The van der Waals surface area contributed by atoms with E-state index in [0.29, 0.717) is 24.4 Å². The van der Waals surface area contributed by atoms with E-state index in [1.165, 1.54) is 28.5 Å². The van der Waals surface area contributed by atoms with Gasteiger partial charge in [0, 0.05) is 20.6 Å². The molecule has 33 heavy (non-hydrogen) atoms. The van der Waals surface area contributed by atoms with Gasteiger partial charge in [0.05, 0.1) is 12.7 Å². The fourth-order valence-electron chi connectivity index (χ4n) is 4.06. The maximum atomic E-state index is 13.1. The van der Waals surface area contributed by atoms with Gasteiger partial charge in [0.15, 0.2) is 11.2 Å². The second-order valence-electron chi connectivity index (χ2n) is 7.94. The first-order valence-electron chi connectivity index (χ1n) is 10.6. The lowest BCUT2D eigenvalue weighted by Crippen LogP contribution is -2.37. The summed E-state index contributed by atoms with van der Waals surface area (Å²) >= 11 is 0. The number of anilines is 1. The molecular formula is C23H22N6O4. The summed E-state index contributed by atoms with van der Waals surface area (Å²) in [5.41, 5.74) is 1.17. The maximum Gasteiger partial charge on any atom is 0.332 e. The summed E-state index contributed by atoms with van der Waals surface area (Å²) in [6.07, 6.45) is 3.05. The van der Waals surface area contributed by atoms with Crippen molar-refractivity contribution < 1.29 is 9.21 Å². The number of carbonyl (C=O) groups is 1. The van der Waals surface area contributed by atoms with Crippen molar-refractivity contribution in [1.29, 1.82) is 0 Å². The molecule has 5 rings (SSSR count). The Hall–Kier alpha value is -4.21. The number of hydrazone groups is 1. The van der Waals surface area contributed by atoms with Gasteiger partial charge >= 0.3 is 5.69 Å². The summed E-state index contributed by atoms with van der Waals surface area (Å²) in [7, 11) is 2.98. The van der Waals surface area contributed by atoms with E-state index in [9.17, 15) is 14.4 Å². The normalized spacial score (nSPS) is 13.8. The Bertz CT molecular complexity index is 1490. The number of fused-ring (bicyclic) bond motifs is 1. The molecule has 168 valence electrons. The van der Waals surface area contributed by atoms with Gasteiger partial charge in [-0.1, -0.05) is 30.3 Å². The lowest BCUT2D eigenvalue weighted by molar-refractivity contribution is -0.117. The molecule has 0 aliphatic carbocycles. The highest BCUT2D eigenvalue weighted by atomic mass is 16.3. The Morgan fingerprint density at radius 2 is 1.79 bits per heavy atom. The average molecular weight is 446 g/mol. The Balaban J connectivity index is 1.61. The third kappa shape index (κ3) is 3.49. The van der Waals surface area contributed by atoms with Gasteiger partial charge in [0.1, 0.15) is 11.5 Å². The zero-order valence-electron chi connectivity index (χ0n) is 18.3. The molecule has 1 aromatic carbocycles. The molecule has 4 aromatic rings. The molecule has 1 amide bonds. The molecule has 10 nitrogen and oxygen atoms in total. The number of hydrogen-bond donors (Lipinski definition) is 0. The van der Waals surface area contributed by atoms with E-state index in [-0.39, 0.29) is 29.4 Å². The summed E-state index contributed by atoms with van der Waals surface area (Å²) in [6.45, 7) is 0.420. The Morgan fingerprint density at radius 1 is 1.00 bits per heavy atom. The number of imidazole rings is 1. The van der Waals surface area contributed by atoms with Crippen LogP contribution in [0.2, 0.25) is 0 Å². The van der Waals surface area contributed by atoms with Crippen LogP contribution in [-0.2, 0) is 31.9 Å². The monoisotopic (exact) mass is 446 g/mol. The van der Waals surface area contributed by atoms with Crippen LogP contribution in [0.1, 0.15) is 24.2 Å². The second kappa shape index (κ2) is 8.05. The molecule has 4 heterocycles. The number of aromatic nitrogens is 4. The topological polar surface area (TPSA) is 108 Å². The fraction of sp³-hybridized carbons (Fsp3) is 0.261. The van der Waals surface area contributed by atoms with Gasteiger partial charge < -0.3 is 8.98 Å². The van der Waals surface area contributed by atoms with Crippen LogP contribution in [0.3, 0.4) is 0 Å². The molecule has 0 N–H and O–H groups in total. The van der Waals surface area contributed by atoms with E-state index < -0.39 is 11.2 Å². The van der Waals surface area contributed by atoms with E-state index in [4.69, 9.17) is 4.42 Å². The molecule has 3 aromatic heterocycles. The molecule has 1 aliphatic heterocycles. The predicted octanol–water partition coefficient (Wildman–Crippen LogP) is 1.80. The lowest BCUT2D eigenvalue weighted by Gasteiger charge is -2.14. The van der Waals surface area contributed by atoms with Crippen molar-refractivity contribution in [3.05, 3.63) is 80.9 Å². The van der Waals surface area contributed by atoms with Crippen LogP contribution in [0.15, 0.2) is 67.8 Å². The Labute approximate surface area is 188 Å². The van der Waals surface area contributed by atoms with Gasteiger partial charge in [-0.2, -0.15) is 15.1 Å². The van der Waals surface area contributed by atoms with Crippen LogP contribution in [0.25, 0.3) is 11.2 Å². The van der Waals surface area contributed by atoms with Crippen LogP contribution >= 0.6 is 0 Å². The number of furan rings is 1. The third-order valence-corrected chi connectivity index (χ3v) is 5.79. The van der Waals surface area contributed by atoms with Crippen LogP contribution in [0.4, 0.5) is 5.95 Å². The van der Waals surface area contributed by atoms with Crippen LogP contribution in [0, 0.1) is 0 Å². The van der Waals surface area contributed by atoms with E-state index in [1.807, 2.05) is 30.3 Å². The van der Waals surface area contributed by atoms with E-state index >= 15 is 0 Å². The molecule has 0 saturated heterocycles. The first-order valence-corrected chi connectivity index (χ1v) is 10.6. The number of carbonyl (C=O) groups excluding carboxylic acids is 1. The highest BCUT2D eigenvalue weighted by Gasteiger charge is 2.32. The summed E-state index contributed by atoms with van der Waals surface area (Å²) in [4.78, 5) is 42.9. The highest BCUT2D eigenvalue weighted by molar-refractivity contribution is 6.18. The largest absolute Gasteiger partial charge is 0.463 e. The van der Waals surface area contributed by atoms with Crippen molar-refractivity contribution in [1.82, 2.24) is 18.7 Å². The number of rotatable bonds is 6. The SMILES string of the molecule is Cn1c(=O)c2c(nc(N3N=C(c4ccco4)CC3=O)n2CCCc2ccccc2)n(C)c1=O. The smallest absolute Gasteiger partial charge is 0.332 e. The molecule has 1 aliphatic rings. The predicted molar refractivity (Wildman–Crippen MR) is 122 cm³/mol. The van der Waals surface area contributed by atoms with Crippen molar-refractivity contribution >= 4 is 28.7 Å². The first kappa shape index (κ1) is 20.7. The quantitative estimate of drug-likeness (QED) is 0.449. The summed E-state index contributed by atoms with van der Waals surface area (Å²) in [5, 5.41) is 5.63. The molecule has 0 bridgehead atoms. The first-order chi connectivity index (χ1) is 16.0.